The van der Waals surface area contributed by atoms with E-state index < -0.39 is 11.7 Å². The molecule has 1 saturated carbocycles. The van der Waals surface area contributed by atoms with Crippen LogP contribution in [0.2, 0.25) is 0 Å². The molecule has 0 radical (unpaired) electrons. The highest BCUT2D eigenvalue weighted by atomic mass is 19.4. The van der Waals surface area contributed by atoms with Crippen LogP contribution in [0.1, 0.15) is 81.9 Å². The number of halogens is 3. The number of anilines is 2. The Labute approximate surface area is 188 Å². The lowest BCUT2D eigenvalue weighted by Gasteiger charge is -2.26. The highest BCUT2D eigenvalue weighted by Gasteiger charge is 2.30. The summed E-state index contributed by atoms with van der Waals surface area (Å²) >= 11 is 0. The molecule has 32 heavy (non-hydrogen) atoms. The number of amides is 1. The van der Waals surface area contributed by atoms with Crippen LogP contribution in [0.3, 0.4) is 0 Å². The molecule has 0 spiro atoms. The minimum Gasteiger partial charge on any atom is -0.381 e. The van der Waals surface area contributed by atoms with Crippen LogP contribution in [0.5, 0.6) is 0 Å². The minimum absolute atomic E-state index is 0.0139. The average molecular weight is 447 g/mol. The van der Waals surface area contributed by atoms with E-state index >= 15 is 0 Å². The van der Waals surface area contributed by atoms with Gasteiger partial charge in [-0.05, 0) is 65.6 Å². The van der Waals surface area contributed by atoms with Gasteiger partial charge in [-0.3, -0.25) is 4.79 Å². The van der Waals surface area contributed by atoms with Crippen LogP contribution in [-0.2, 0) is 17.5 Å². The molecule has 1 fully saturated rings. The molecule has 3 rings (SSSR count). The first-order chi connectivity index (χ1) is 15.0. The fourth-order valence-electron chi connectivity index (χ4n) is 4.23. The van der Waals surface area contributed by atoms with Crippen molar-refractivity contribution in [2.24, 2.45) is 5.41 Å². The van der Waals surface area contributed by atoms with Gasteiger partial charge >= 0.3 is 6.18 Å². The Bertz CT molecular complexity index is 908. The second-order valence-corrected chi connectivity index (χ2v) is 9.97. The van der Waals surface area contributed by atoms with E-state index in [-0.39, 0.29) is 11.3 Å². The molecule has 3 nitrogen and oxygen atoms in total. The van der Waals surface area contributed by atoms with Crippen molar-refractivity contribution in [3.63, 3.8) is 0 Å². The van der Waals surface area contributed by atoms with Gasteiger partial charge in [0, 0.05) is 24.3 Å². The third-order valence-electron chi connectivity index (χ3n) is 5.84. The average Bonchev–Trinajstić information content (AvgIpc) is 2.72. The van der Waals surface area contributed by atoms with E-state index in [4.69, 9.17) is 0 Å². The molecule has 6 heteroatoms. The lowest BCUT2D eigenvalue weighted by atomic mass is 9.83. The molecule has 1 aliphatic rings. The summed E-state index contributed by atoms with van der Waals surface area (Å²) in [5.41, 5.74) is 2.96. The van der Waals surface area contributed by atoms with Gasteiger partial charge in [-0.15, -0.1) is 0 Å². The number of carbonyl (C=O) groups excluding carboxylic acids is 1. The second kappa shape index (κ2) is 9.97. The van der Waals surface area contributed by atoms with Gasteiger partial charge in [-0.2, -0.15) is 13.2 Å². The summed E-state index contributed by atoms with van der Waals surface area (Å²) in [5, 5.41) is 6.44. The van der Waals surface area contributed by atoms with Crippen LogP contribution in [-0.4, -0.2) is 5.91 Å². The van der Waals surface area contributed by atoms with Crippen molar-refractivity contribution in [1.29, 1.82) is 0 Å². The van der Waals surface area contributed by atoms with E-state index in [0.29, 0.717) is 18.9 Å². The molecule has 0 bridgehead atoms. The van der Waals surface area contributed by atoms with Crippen LogP contribution in [0, 0.1) is 5.41 Å². The Hall–Kier alpha value is -2.50. The summed E-state index contributed by atoms with van der Waals surface area (Å²) < 4.78 is 38.3. The lowest BCUT2D eigenvalue weighted by Crippen LogP contribution is -2.21. The summed E-state index contributed by atoms with van der Waals surface area (Å²) in [6, 6.07) is 11.2. The molecule has 2 aromatic rings. The van der Waals surface area contributed by atoms with Crippen molar-refractivity contribution in [2.45, 2.75) is 77.9 Å². The quantitative estimate of drug-likeness (QED) is 0.476. The monoisotopic (exact) mass is 446 g/mol. The van der Waals surface area contributed by atoms with Crippen molar-refractivity contribution < 1.29 is 18.0 Å². The number of rotatable bonds is 6. The number of benzene rings is 2. The first-order valence-electron chi connectivity index (χ1n) is 11.3. The molecular formula is C26H33F3N2O. The van der Waals surface area contributed by atoms with E-state index in [9.17, 15) is 18.0 Å². The largest absolute Gasteiger partial charge is 0.416 e. The predicted molar refractivity (Wildman–Crippen MR) is 124 cm³/mol. The molecule has 1 aliphatic carbocycles. The molecule has 0 unspecified atom stereocenters. The van der Waals surface area contributed by atoms with Gasteiger partial charge in [-0.25, -0.2) is 0 Å². The molecule has 174 valence electrons. The molecule has 0 aliphatic heterocycles. The van der Waals surface area contributed by atoms with Crippen LogP contribution >= 0.6 is 0 Å². The predicted octanol–water partition coefficient (Wildman–Crippen LogP) is 7.74. The summed E-state index contributed by atoms with van der Waals surface area (Å²) in [7, 11) is 0. The van der Waals surface area contributed by atoms with E-state index in [0.717, 1.165) is 47.5 Å². The molecule has 2 N–H and O–H groups in total. The van der Waals surface area contributed by atoms with E-state index in [2.05, 4.69) is 16.7 Å². The number of carbonyl (C=O) groups is 1. The first kappa shape index (κ1) is 24.1. The fourth-order valence-corrected chi connectivity index (χ4v) is 4.23. The maximum atomic E-state index is 12.8. The fraction of sp³-hybridized carbons (Fsp3) is 0.500. The van der Waals surface area contributed by atoms with Gasteiger partial charge in [-0.1, -0.05) is 52.2 Å². The van der Waals surface area contributed by atoms with Gasteiger partial charge in [0.2, 0.25) is 5.91 Å². The Morgan fingerprint density at radius 2 is 1.62 bits per heavy atom. The van der Waals surface area contributed by atoms with Gasteiger partial charge < -0.3 is 10.6 Å². The molecule has 2 aromatic carbocycles. The van der Waals surface area contributed by atoms with E-state index in [1.165, 1.54) is 31.4 Å². The molecule has 0 aromatic heterocycles. The number of hydrogen-bond acceptors (Lipinski definition) is 2. The van der Waals surface area contributed by atoms with Gasteiger partial charge in [0.25, 0.3) is 0 Å². The van der Waals surface area contributed by atoms with Crippen LogP contribution in [0.15, 0.2) is 42.5 Å². The van der Waals surface area contributed by atoms with Crippen LogP contribution in [0.4, 0.5) is 24.5 Å². The zero-order valence-electron chi connectivity index (χ0n) is 19.1. The number of alkyl halides is 3. The molecule has 0 heterocycles. The van der Waals surface area contributed by atoms with Crippen molar-refractivity contribution in [1.82, 2.24) is 0 Å². The van der Waals surface area contributed by atoms with E-state index in [1.54, 1.807) is 0 Å². The van der Waals surface area contributed by atoms with Gasteiger partial charge in [0.05, 0.1) is 5.56 Å². The van der Waals surface area contributed by atoms with Crippen LogP contribution in [0.25, 0.3) is 0 Å². The zero-order valence-corrected chi connectivity index (χ0v) is 19.1. The summed E-state index contributed by atoms with van der Waals surface area (Å²) in [5.74, 6) is 0.418. The lowest BCUT2D eigenvalue weighted by molar-refractivity contribution is -0.137. The maximum absolute atomic E-state index is 12.8. The Morgan fingerprint density at radius 1 is 0.969 bits per heavy atom. The van der Waals surface area contributed by atoms with Crippen molar-refractivity contribution in [3.8, 4) is 0 Å². The maximum Gasteiger partial charge on any atom is 0.416 e. The molecular weight excluding hydrogens is 413 g/mol. The van der Waals surface area contributed by atoms with Crippen molar-refractivity contribution >= 4 is 17.3 Å². The molecule has 0 atom stereocenters. The van der Waals surface area contributed by atoms with E-state index in [1.807, 2.05) is 32.9 Å². The SMILES string of the molecule is CC(C)(C)CC(=O)Nc1ccc(NCc2ccc(C(F)(F)F)cc2)cc1C1CCCCC1. The topological polar surface area (TPSA) is 41.1 Å². The number of nitrogens with one attached hydrogen (secondary N) is 2. The second-order valence-electron chi connectivity index (χ2n) is 9.97. The third kappa shape index (κ3) is 7.01. The Morgan fingerprint density at radius 3 is 2.22 bits per heavy atom. The standard InChI is InChI=1S/C26H33F3N2O/c1-25(2,3)16-24(32)31-23-14-13-21(15-22(23)19-7-5-4-6-8-19)30-17-18-9-11-20(12-10-18)26(27,28)29/h9-15,19,30H,4-8,16-17H2,1-3H3,(H,31,32). The number of hydrogen-bond donors (Lipinski definition) is 2. The smallest absolute Gasteiger partial charge is 0.381 e. The summed E-state index contributed by atoms with van der Waals surface area (Å²) in [4.78, 5) is 12.5. The zero-order chi connectivity index (χ0) is 23.4. The minimum atomic E-state index is -4.33. The third-order valence-corrected chi connectivity index (χ3v) is 5.84. The molecule has 1 amide bonds. The highest BCUT2D eigenvalue weighted by molar-refractivity contribution is 5.92. The summed E-state index contributed by atoms with van der Waals surface area (Å²) in [6.45, 7) is 6.56. The normalized spacial score (nSPS) is 15.4. The summed E-state index contributed by atoms with van der Waals surface area (Å²) in [6.07, 6.45) is 1.94. The Kier molecular flexibility index (Phi) is 7.52. The van der Waals surface area contributed by atoms with Gasteiger partial charge in [0.1, 0.15) is 0 Å². The van der Waals surface area contributed by atoms with Crippen molar-refractivity contribution in [2.75, 3.05) is 10.6 Å². The van der Waals surface area contributed by atoms with Crippen molar-refractivity contribution in [3.05, 3.63) is 59.2 Å². The highest BCUT2D eigenvalue weighted by Crippen LogP contribution is 2.38. The Balaban J connectivity index is 1.74. The first-order valence-corrected chi connectivity index (χ1v) is 11.3. The van der Waals surface area contributed by atoms with Crippen LogP contribution < -0.4 is 10.6 Å². The van der Waals surface area contributed by atoms with Gasteiger partial charge in [0.15, 0.2) is 0 Å². The molecule has 0 saturated heterocycles.